The maximum Gasteiger partial charge on any atom is 0.246 e. The third-order valence-corrected chi connectivity index (χ3v) is 17.7. The van der Waals surface area contributed by atoms with Crippen molar-refractivity contribution < 1.29 is 28.7 Å². The summed E-state index contributed by atoms with van der Waals surface area (Å²) >= 11 is 14.9. The second-order valence-electron chi connectivity index (χ2n) is 20.2. The predicted octanol–water partition coefficient (Wildman–Crippen LogP) is 8.37. The van der Waals surface area contributed by atoms with Crippen LogP contribution < -0.4 is 21.3 Å². The first kappa shape index (κ1) is 88.3. The highest BCUT2D eigenvalue weighted by molar-refractivity contribution is 8.00. The van der Waals surface area contributed by atoms with Crippen LogP contribution in [0.2, 0.25) is 0 Å². The van der Waals surface area contributed by atoms with Crippen LogP contribution in [0.5, 0.6) is 0 Å². The van der Waals surface area contributed by atoms with Crippen LogP contribution in [0.25, 0.3) is 0 Å². The number of amides is 4. The third-order valence-electron chi connectivity index (χ3n) is 14.1. The summed E-state index contributed by atoms with van der Waals surface area (Å²) in [6.45, 7) is 14.9. The van der Waals surface area contributed by atoms with Gasteiger partial charge in [0.15, 0.2) is 0 Å². The number of carbonyl (C=O) groups excluding carboxylic acids is 4. The van der Waals surface area contributed by atoms with E-state index in [9.17, 15) is 19.2 Å². The van der Waals surface area contributed by atoms with E-state index in [1.165, 1.54) is 0 Å². The molecular weight excluding hydrogens is 1280 g/mol. The molecule has 4 aliphatic heterocycles. The van der Waals surface area contributed by atoms with E-state index >= 15 is 0 Å². The van der Waals surface area contributed by atoms with Crippen molar-refractivity contribution in [1.29, 1.82) is 0 Å². The Hall–Kier alpha value is -0.500. The number of ether oxygens (including phenoxy) is 2. The van der Waals surface area contributed by atoms with Gasteiger partial charge in [0.05, 0.1) is 41.0 Å². The Bertz CT molecular complexity index is 2170. The second-order valence-corrected chi connectivity index (χ2v) is 23.8. The molecule has 0 bridgehead atoms. The van der Waals surface area contributed by atoms with Crippen LogP contribution >= 0.6 is 183 Å². The van der Waals surface area contributed by atoms with E-state index < -0.39 is 41.0 Å². The van der Waals surface area contributed by atoms with Crippen LogP contribution in [-0.4, -0.2) is 123 Å². The predicted molar refractivity (Wildman–Crippen MR) is 394 cm³/mol. The lowest BCUT2D eigenvalue weighted by Crippen LogP contribution is -2.57. The Kier molecular flexibility index (Phi) is 46.7. The summed E-state index contributed by atoms with van der Waals surface area (Å²) in [7, 11) is 1.87. The van der Waals surface area contributed by atoms with Gasteiger partial charge >= 0.3 is 0 Å². The lowest BCUT2D eigenvalue weighted by Gasteiger charge is -2.35. The first-order valence-corrected chi connectivity index (χ1v) is 27.6. The molecule has 6 rings (SSSR count). The molecule has 0 aliphatic carbocycles. The summed E-state index contributed by atoms with van der Waals surface area (Å²) in [5.74, 6) is 12.6. The molecule has 0 saturated carbocycles. The van der Waals surface area contributed by atoms with Gasteiger partial charge in [0, 0.05) is 22.7 Å². The smallest absolute Gasteiger partial charge is 0.246 e. The van der Waals surface area contributed by atoms with E-state index in [0.717, 1.165) is 46.8 Å². The maximum absolute atomic E-state index is 14.4. The number of carbonyl (C=O) groups is 4. The molecule has 2 aromatic carbocycles. The second kappa shape index (κ2) is 42.4. The van der Waals surface area contributed by atoms with Gasteiger partial charge in [-0.15, -0.1) is 23.5 Å². The van der Waals surface area contributed by atoms with Gasteiger partial charge in [0.2, 0.25) is 23.6 Å². The van der Waals surface area contributed by atoms with Gasteiger partial charge in [-0.25, -0.2) is 0 Å². The van der Waals surface area contributed by atoms with E-state index in [2.05, 4.69) is 86.5 Å². The van der Waals surface area contributed by atoms with Crippen molar-refractivity contribution in [2.24, 2.45) is 22.7 Å². The number of nitrogens with zero attached hydrogens (tertiary/aromatic N) is 2. The van der Waals surface area contributed by atoms with E-state index in [1.54, 1.807) is 23.5 Å². The van der Waals surface area contributed by atoms with Crippen molar-refractivity contribution in [3.05, 3.63) is 71.8 Å². The highest BCUT2D eigenvalue weighted by Crippen LogP contribution is 2.48. The maximum atomic E-state index is 14.4. The van der Waals surface area contributed by atoms with E-state index in [4.69, 9.17) is 33.9 Å². The van der Waals surface area contributed by atoms with Crippen molar-refractivity contribution >= 4 is 216 Å². The molecule has 12 nitrogen and oxygen atoms in total. The van der Waals surface area contributed by atoms with Crippen LogP contribution in [-0.2, 0) is 28.7 Å². The molecule has 0 unspecified atom stereocenters. The lowest BCUT2D eigenvalue weighted by atomic mass is 9.83. The molecule has 4 saturated heterocycles. The topological polar surface area (TPSA) is 141 Å². The van der Waals surface area contributed by atoms with Crippen LogP contribution in [0.3, 0.4) is 0 Å². The van der Waals surface area contributed by atoms with Gasteiger partial charge in [-0.1, -0.05) is 138 Å². The molecule has 4 fully saturated rings. The minimum Gasteiger partial charge on any atom is -0.368 e. The highest BCUT2D eigenvalue weighted by atomic mass is 32.2. The number of benzene rings is 2. The Balaban J connectivity index is -0.00000187. The molecule has 4 N–H and O–H groups in total. The zero-order valence-corrected chi connectivity index (χ0v) is 60.3. The van der Waals surface area contributed by atoms with Crippen molar-refractivity contribution in [2.45, 2.75) is 134 Å². The number of fused-ring (bicyclic) bond motifs is 2. The molecule has 458 valence electrons. The summed E-state index contributed by atoms with van der Waals surface area (Å²) in [5.41, 5.74) is 0.855. The van der Waals surface area contributed by atoms with Crippen LogP contribution in [0, 0.1) is 46.3 Å². The Labute approximate surface area is 567 Å². The Morgan fingerprint density at radius 1 is 0.675 bits per heavy atom. The number of thiocarbonyl (C=S) groups is 2. The fourth-order valence-corrected chi connectivity index (χ4v) is 13.7. The van der Waals surface area contributed by atoms with Crippen molar-refractivity contribution in [1.82, 2.24) is 31.1 Å². The molecule has 4 heterocycles. The summed E-state index contributed by atoms with van der Waals surface area (Å²) in [5, 5.41) is 12.8. The van der Waals surface area contributed by atoms with Crippen molar-refractivity contribution in [3.63, 3.8) is 0 Å². The number of hydrogen-bond acceptors (Lipinski definition) is 11. The van der Waals surface area contributed by atoms with Crippen molar-refractivity contribution in [3.8, 4) is 23.7 Å². The number of thioether (sulfide) groups is 2. The van der Waals surface area contributed by atoms with E-state index in [1.807, 2.05) is 84.4 Å². The third kappa shape index (κ3) is 23.6. The van der Waals surface area contributed by atoms with Gasteiger partial charge in [-0.05, 0) is 97.8 Å². The van der Waals surface area contributed by atoms with Gasteiger partial charge in [0.25, 0.3) is 0 Å². The van der Waals surface area contributed by atoms with Crippen LogP contribution in [0.4, 0.5) is 0 Å². The lowest BCUT2D eigenvalue weighted by molar-refractivity contribution is -0.144. The Morgan fingerprint density at radius 2 is 1.09 bits per heavy atom. The first-order chi connectivity index (χ1) is 33.5. The van der Waals surface area contributed by atoms with Crippen LogP contribution in [0.1, 0.15) is 110 Å². The average molecular weight is 1370 g/mol. The monoisotopic (exact) mass is 1370 g/mol. The number of hydrogen-bond donors (Lipinski definition) is 4. The molecule has 80 heavy (non-hydrogen) atoms. The Morgan fingerprint density at radius 3 is 1.50 bits per heavy atom. The fourth-order valence-electron chi connectivity index (χ4n) is 9.82. The number of nitrogens with one attached hydrogen (secondary N) is 4. The van der Waals surface area contributed by atoms with Crippen LogP contribution in [0.15, 0.2) is 60.7 Å². The fraction of sp³-hybridized carbons (Fsp3) is 0.593. The largest absolute Gasteiger partial charge is 0.368 e. The van der Waals surface area contributed by atoms with Gasteiger partial charge in [-0.2, -0.15) is 135 Å². The molecule has 10 atom stereocenters. The summed E-state index contributed by atoms with van der Waals surface area (Å²) in [4.78, 5) is 62.4. The molecule has 0 spiro atoms. The molecule has 26 heteroatoms. The molecule has 4 aliphatic rings. The molecule has 2 aromatic rings. The zero-order valence-electron chi connectivity index (χ0n) is 47.0. The minimum atomic E-state index is -0.674. The summed E-state index contributed by atoms with van der Waals surface area (Å²) < 4.78 is 12.0. The van der Waals surface area contributed by atoms with E-state index in [0.29, 0.717) is 24.3 Å². The molecule has 0 radical (unpaired) electrons. The van der Waals surface area contributed by atoms with Gasteiger partial charge in [-0.3, -0.25) is 19.2 Å². The zero-order chi connectivity index (χ0) is 50.6. The molecular formula is C54H92N6O6S14. The summed E-state index contributed by atoms with van der Waals surface area (Å²) in [6.07, 6.45) is 4.19. The number of rotatable bonds is 19. The average Bonchev–Trinajstić information content (AvgIpc) is 3.66. The van der Waals surface area contributed by atoms with E-state index in [-0.39, 0.29) is 214 Å². The molecule has 4 amide bonds. The quantitative estimate of drug-likeness (QED) is 0.0611. The highest BCUT2D eigenvalue weighted by Gasteiger charge is 2.56. The summed E-state index contributed by atoms with van der Waals surface area (Å²) in [6, 6.07) is 16.6. The SMILES string of the molecule is CC[C@@H](C)C(=S)N[C@H]1CCS[C@H]2CC(C)(C)[C@@H](C(=O)N[C@H](COCC#CC#CCOC[C@@H](NC(=O)[C@H]3N4C(=O)[C@@H](CC(=S)[C@H](C)NC)CCS[C@H]4CC3(C)C)c3ccccc3)c3ccccc3)N2C1=O.S.S.S.S.S.S.S.S.S.S. The van der Waals surface area contributed by atoms with Gasteiger partial charge in [0.1, 0.15) is 31.3 Å². The standard InChI is InChI=1S/C54H72N6O6S4.10H2S/c1-9-35(2)50(68)58-40-25-29-70-45-32-54(6,7)47(60(45)52(40)64)49(62)57-42(38-22-16-13-17-23-38)34-66-27-19-11-10-18-26-65-33-41(37-20-14-12-15-21-37)56-48(61)46-53(4,5)31-44-59(46)51(63)39(24-28-69-44)30-43(67)36(3)55-8;;;;;;;;;;/h12-17,20-23,35-36,39-42,44-47,55H,9,24-34H2,1-8H3,(H,56,61)(H,57,62)(H,58,68);10*1H2/t35-,36+,39-,40+,41-,42-,44+,45+,46-,47-;;;;;;;;;;/m1........../s1. The van der Waals surface area contributed by atoms with Crippen molar-refractivity contribution in [2.75, 3.05) is 45.0 Å². The van der Waals surface area contributed by atoms with Gasteiger partial charge < -0.3 is 40.5 Å². The molecule has 0 aromatic heterocycles. The minimum absolute atomic E-state index is 0. The first-order valence-electron chi connectivity index (χ1n) is 24.7. The normalized spacial score (nSPS) is 22.1.